The fourth-order valence-electron chi connectivity index (χ4n) is 6.63. The van der Waals surface area contributed by atoms with E-state index in [2.05, 4.69) is 0 Å². The second-order valence-corrected chi connectivity index (χ2v) is 13.7. The van der Waals surface area contributed by atoms with Crippen LogP contribution < -0.4 is 0 Å². The molecule has 3 aliphatic rings. The number of fused-ring (bicyclic) bond motifs is 3. The van der Waals surface area contributed by atoms with Crippen LogP contribution in [0, 0.1) is 0 Å². The summed E-state index contributed by atoms with van der Waals surface area (Å²) in [4.78, 5) is 26.8. The minimum atomic E-state index is -6.41. The monoisotopic (exact) mass is 676 g/mol. The molecule has 1 aliphatic carbocycles. The Bertz CT molecular complexity index is 1620. The first kappa shape index (κ1) is 32.4. The first-order chi connectivity index (χ1) is 20.1. The molecule has 2 heterocycles. The van der Waals surface area contributed by atoms with Crippen LogP contribution in [0.5, 0.6) is 0 Å². The highest BCUT2D eigenvalue weighted by Crippen LogP contribution is 2.57. The van der Waals surface area contributed by atoms with E-state index in [0.717, 1.165) is 24.1 Å². The normalized spacial score (nSPS) is 25.7. The molecule has 2 unspecified atom stereocenters. The van der Waals surface area contributed by atoms with E-state index >= 15 is 0 Å². The lowest BCUT2D eigenvalue weighted by Gasteiger charge is -2.43. The Morgan fingerprint density at radius 3 is 2.09 bits per heavy atom. The zero-order chi connectivity index (χ0) is 32.8. The highest BCUT2D eigenvalue weighted by atomic mass is 35.5. The highest BCUT2D eigenvalue weighted by molar-refractivity contribution is 7.92. The number of sulfone groups is 1. The maximum Gasteiger partial charge on any atom is 0.435 e. The van der Waals surface area contributed by atoms with Gasteiger partial charge in [-0.05, 0) is 54.7 Å². The van der Waals surface area contributed by atoms with Crippen molar-refractivity contribution in [3.63, 3.8) is 0 Å². The maximum atomic E-state index is 15.0. The van der Waals surface area contributed by atoms with Gasteiger partial charge in [-0.3, -0.25) is 9.59 Å². The number of alkyl halides is 9. The molecule has 0 saturated carbocycles. The SMILES string of the molecule is CN1C(=O)C(F)(F)C[C@H]1C(=O)N1CCC2(S(=O)(=O)c3ccc(Cl)cc3)c3ccc(C(F)(C(F)(F)F)C(F)(F)F)cc3CCC12. The van der Waals surface area contributed by atoms with Gasteiger partial charge in [0.2, 0.25) is 5.91 Å². The number of amides is 2. The molecule has 2 aromatic rings. The second kappa shape index (κ2) is 9.99. The van der Waals surface area contributed by atoms with Gasteiger partial charge in [0.1, 0.15) is 10.8 Å². The highest BCUT2D eigenvalue weighted by Gasteiger charge is 2.74. The fraction of sp³-hybridized carbons (Fsp3) is 0.481. The molecule has 0 spiro atoms. The number of aryl methyl sites for hydroxylation is 1. The largest absolute Gasteiger partial charge is 0.435 e. The summed E-state index contributed by atoms with van der Waals surface area (Å²) in [6.45, 7) is -0.361. The summed E-state index contributed by atoms with van der Waals surface area (Å²) in [5.74, 6) is -6.46. The summed E-state index contributed by atoms with van der Waals surface area (Å²) in [5, 5.41) is 0.142. The van der Waals surface area contributed by atoms with Crippen LogP contribution in [0.1, 0.15) is 36.0 Å². The van der Waals surface area contributed by atoms with Crippen molar-refractivity contribution in [2.45, 2.75) is 71.4 Å². The molecule has 2 aromatic carbocycles. The number of likely N-dealkylation sites (tertiary alicyclic amines) is 2. The smallest absolute Gasteiger partial charge is 0.336 e. The van der Waals surface area contributed by atoms with Crippen LogP contribution in [0.25, 0.3) is 0 Å². The van der Waals surface area contributed by atoms with E-state index in [0.29, 0.717) is 17.0 Å². The average Bonchev–Trinajstić information content (AvgIpc) is 3.43. The number of hydrogen-bond donors (Lipinski definition) is 0. The van der Waals surface area contributed by atoms with Gasteiger partial charge >= 0.3 is 23.9 Å². The second-order valence-electron chi connectivity index (χ2n) is 11.0. The number of carbonyl (C=O) groups is 2. The van der Waals surface area contributed by atoms with Crippen molar-refractivity contribution in [1.82, 2.24) is 9.80 Å². The van der Waals surface area contributed by atoms with Crippen molar-refractivity contribution < 1.29 is 57.5 Å². The number of likely N-dealkylation sites (N-methyl/N-ethyl adjacent to an activating group) is 1. The fourth-order valence-corrected chi connectivity index (χ4v) is 9.12. The number of nitrogens with zero attached hydrogens (tertiary/aromatic N) is 2. The van der Waals surface area contributed by atoms with Crippen molar-refractivity contribution in [3.8, 4) is 0 Å². The topological polar surface area (TPSA) is 74.8 Å². The lowest BCUT2D eigenvalue weighted by atomic mass is 9.76. The molecule has 2 aliphatic heterocycles. The third kappa shape index (κ3) is 4.41. The van der Waals surface area contributed by atoms with E-state index in [1.165, 1.54) is 12.1 Å². The minimum absolute atomic E-state index is 0.142. The number of benzene rings is 2. The van der Waals surface area contributed by atoms with Gasteiger partial charge in [-0.25, -0.2) is 12.8 Å². The molecular formula is C27H22ClF9N2O4S. The van der Waals surface area contributed by atoms with Crippen LogP contribution in [-0.2, 0) is 36.3 Å². The van der Waals surface area contributed by atoms with E-state index < -0.39 is 80.8 Å². The summed E-state index contributed by atoms with van der Waals surface area (Å²) in [6, 6.07) is 2.97. The summed E-state index contributed by atoms with van der Waals surface area (Å²) in [7, 11) is -3.66. The van der Waals surface area contributed by atoms with Gasteiger partial charge in [0.15, 0.2) is 9.84 Å². The molecule has 2 fully saturated rings. The molecule has 6 nitrogen and oxygen atoms in total. The third-order valence-corrected chi connectivity index (χ3v) is 11.6. The van der Waals surface area contributed by atoms with Crippen molar-refractivity contribution in [1.29, 1.82) is 0 Å². The summed E-state index contributed by atoms with van der Waals surface area (Å²) in [6.07, 6.45) is -15.1. The minimum Gasteiger partial charge on any atom is -0.336 e. The molecule has 3 atom stereocenters. The van der Waals surface area contributed by atoms with Gasteiger partial charge < -0.3 is 9.80 Å². The predicted octanol–water partition coefficient (Wildman–Crippen LogP) is 5.71. The standard InChI is InChI=1S/C27H22ClF9N2O4S/c1-38-19(13-24(29,30)22(38)41)21(40)39-11-10-23(44(42,43)17-6-4-16(28)5-7-17)18-8-3-15(12-14(18)2-9-20(23)39)25(31,26(32,33)34)27(35,36)37/h3-8,12,19-20H,2,9-11,13H2,1H3/t19-,20?,23?/m0/s1. The average molecular weight is 677 g/mol. The predicted molar refractivity (Wildman–Crippen MR) is 136 cm³/mol. The van der Waals surface area contributed by atoms with Crippen molar-refractivity contribution in [3.05, 3.63) is 64.2 Å². The van der Waals surface area contributed by atoms with Crippen LogP contribution in [0.15, 0.2) is 47.4 Å². The molecule has 240 valence electrons. The summed E-state index contributed by atoms with van der Waals surface area (Å²) < 4.78 is 151. The molecule has 0 radical (unpaired) electrons. The van der Waals surface area contributed by atoms with Gasteiger partial charge in [0, 0.05) is 24.2 Å². The first-order valence-electron chi connectivity index (χ1n) is 13.0. The zero-order valence-corrected chi connectivity index (χ0v) is 24.0. The lowest BCUT2D eigenvalue weighted by Crippen LogP contribution is -2.55. The van der Waals surface area contributed by atoms with E-state index in [-0.39, 0.29) is 46.5 Å². The maximum absolute atomic E-state index is 15.0. The molecule has 0 bridgehead atoms. The van der Waals surface area contributed by atoms with Gasteiger partial charge in [-0.2, -0.15) is 35.1 Å². The van der Waals surface area contributed by atoms with E-state index in [4.69, 9.17) is 11.6 Å². The Balaban J connectivity index is 1.68. The number of hydrogen-bond acceptors (Lipinski definition) is 4. The summed E-state index contributed by atoms with van der Waals surface area (Å²) >= 11 is 5.90. The number of halogens is 10. The van der Waals surface area contributed by atoms with Gasteiger partial charge in [-0.15, -0.1) is 0 Å². The van der Waals surface area contributed by atoms with Gasteiger partial charge in [-0.1, -0.05) is 29.8 Å². The van der Waals surface area contributed by atoms with Crippen molar-refractivity contribution in [2.24, 2.45) is 0 Å². The Labute approximate surface area is 249 Å². The Kier molecular flexibility index (Phi) is 7.36. The zero-order valence-electron chi connectivity index (χ0n) is 22.4. The molecular weight excluding hydrogens is 655 g/mol. The van der Waals surface area contributed by atoms with Crippen molar-refractivity contribution in [2.75, 3.05) is 13.6 Å². The van der Waals surface area contributed by atoms with E-state index in [1.54, 1.807) is 0 Å². The van der Waals surface area contributed by atoms with Gasteiger partial charge in [0.25, 0.3) is 5.91 Å². The summed E-state index contributed by atoms with van der Waals surface area (Å²) in [5.41, 5.74) is -8.14. The molecule has 2 saturated heterocycles. The van der Waals surface area contributed by atoms with Crippen LogP contribution in [0.4, 0.5) is 39.5 Å². The lowest BCUT2D eigenvalue weighted by molar-refractivity contribution is -0.348. The van der Waals surface area contributed by atoms with E-state index in [1.807, 2.05) is 0 Å². The van der Waals surface area contributed by atoms with E-state index in [9.17, 15) is 57.5 Å². The van der Waals surface area contributed by atoms with Crippen molar-refractivity contribution >= 4 is 33.3 Å². The molecule has 44 heavy (non-hydrogen) atoms. The number of rotatable bonds is 4. The third-order valence-electron chi connectivity index (χ3n) is 8.79. The Hall–Kier alpha value is -3.01. The molecule has 0 N–H and O–H groups in total. The quantitative estimate of drug-likeness (QED) is 0.389. The molecule has 17 heteroatoms. The van der Waals surface area contributed by atoms with Crippen LogP contribution >= 0.6 is 11.6 Å². The first-order valence-corrected chi connectivity index (χ1v) is 14.9. The molecule has 5 rings (SSSR count). The van der Waals surface area contributed by atoms with Crippen LogP contribution in [0.2, 0.25) is 5.02 Å². The van der Waals surface area contributed by atoms with Crippen LogP contribution in [0.3, 0.4) is 0 Å². The number of carbonyl (C=O) groups excluding carboxylic acids is 2. The van der Waals surface area contributed by atoms with Crippen LogP contribution in [-0.4, -0.2) is 74.0 Å². The van der Waals surface area contributed by atoms with Gasteiger partial charge in [0.05, 0.1) is 17.4 Å². The molecule has 2 amide bonds. The Morgan fingerprint density at radius 2 is 1.57 bits per heavy atom. The molecule has 0 aromatic heterocycles. The Morgan fingerprint density at radius 1 is 0.977 bits per heavy atom.